The summed E-state index contributed by atoms with van der Waals surface area (Å²) in [7, 11) is 7.24. The van der Waals surface area contributed by atoms with Crippen LogP contribution in [0.5, 0.6) is 5.75 Å². The third-order valence-corrected chi connectivity index (χ3v) is 8.79. The highest BCUT2D eigenvalue weighted by atomic mass is 16.3. The number of ketones is 2. The first kappa shape index (κ1) is 32.2. The fraction of sp³-hybridized carbons (Fsp3) is 0.469. The van der Waals surface area contributed by atoms with Crippen molar-refractivity contribution in [3.63, 3.8) is 0 Å². The quantitative estimate of drug-likeness (QED) is 0.140. The third-order valence-electron chi connectivity index (χ3n) is 8.79. The molecule has 0 spiro atoms. The summed E-state index contributed by atoms with van der Waals surface area (Å²) >= 11 is 0. The molecule has 3 aliphatic rings. The molecule has 232 valence electrons. The number of phenols is 1. The lowest BCUT2D eigenvalue weighted by molar-refractivity contribution is -0.148. The molecule has 7 N–H and O–H groups in total. The van der Waals surface area contributed by atoms with Gasteiger partial charge in [-0.3, -0.25) is 19.3 Å². The van der Waals surface area contributed by atoms with Gasteiger partial charge < -0.3 is 36.4 Å². The minimum Gasteiger partial charge on any atom is -0.510 e. The number of benzene rings is 1. The van der Waals surface area contributed by atoms with Gasteiger partial charge in [0.05, 0.1) is 11.6 Å². The van der Waals surface area contributed by atoms with Crippen LogP contribution in [0.25, 0.3) is 5.57 Å². The highest BCUT2D eigenvalue weighted by molar-refractivity contribution is 6.24. The topological polar surface area (TPSA) is 177 Å². The monoisotopic (exact) mass is 594 g/mol. The first-order chi connectivity index (χ1) is 20.1. The molecule has 0 heterocycles. The number of likely N-dealkylation sites (N-methyl/N-ethyl adjacent to an activating group) is 2. The van der Waals surface area contributed by atoms with Crippen molar-refractivity contribution < 1.29 is 34.8 Å². The molecule has 1 aromatic rings. The second kappa shape index (κ2) is 12.1. The van der Waals surface area contributed by atoms with Gasteiger partial charge in [-0.1, -0.05) is 23.8 Å². The molecular weight excluding hydrogens is 552 g/mol. The van der Waals surface area contributed by atoms with Crippen LogP contribution >= 0.6 is 0 Å². The lowest BCUT2D eigenvalue weighted by atomic mass is 9.58. The molecule has 11 heteroatoms. The number of aliphatic hydroxyl groups is 3. The van der Waals surface area contributed by atoms with E-state index in [4.69, 9.17) is 5.73 Å². The predicted octanol–water partition coefficient (Wildman–Crippen LogP) is 1.62. The number of carbonyl (C=O) groups excluding carboxylic acids is 3. The Morgan fingerprint density at radius 3 is 2.40 bits per heavy atom. The number of nitrogens with one attached hydrogen (secondary N) is 1. The number of hydrogen-bond acceptors (Lipinski definition) is 10. The largest absolute Gasteiger partial charge is 0.510 e. The first-order valence-electron chi connectivity index (χ1n) is 14.3. The summed E-state index contributed by atoms with van der Waals surface area (Å²) in [5.41, 5.74) is 5.07. The van der Waals surface area contributed by atoms with Crippen LogP contribution in [-0.2, 0) is 16.0 Å². The lowest BCUT2D eigenvalue weighted by Gasteiger charge is -2.50. The van der Waals surface area contributed by atoms with Crippen LogP contribution in [0.4, 0.5) is 0 Å². The fourth-order valence-corrected chi connectivity index (χ4v) is 6.62. The van der Waals surface area contributed by atoms with Crippen LogP contribution in [0.3, 0.4) is 0 Å². The smallest absolute Gasteiger partial charge is 0.255 e. The number of allylic oxidation sites excluding steroid dienone is 4. The van der Waals surface area contributed by atoms with Crippen LogP contribution in [0.15, 0.2) is 52.5 Å². The van der Waals surface area contributed by atoms with E-state index in [1.165, 1.54) is 11.0 Å². The van der Waals surface area contributed by atoms with Gasteiger partial charge in [0.2, 0.25) is 5.78 Å². The summed E-state index contributed by atoms with van der Waals surface area (Å²) in [6, 6.07) is 2.14. The number of hydrogen-bond donors (Lipinski definition) is 6. The molecule has 0 saturated heterocycles. The van der Waals surface area contributed by atoms with Crippen molar-refractivity contribution in [3.05, 3.63) is 69.2 Å². The number of rotatable bonds is 9. The minimum absolute atomic E-state index is 0.00270. The molecule has 43 heavy (non-hydrogen) atoms. The summed E-state index contributed by atoms with van der Waals surface area (Å²) in [6.07, 6.45) is 4.23. The summed E-state index contributed by atoms with van der Waals surface area (Å²) < 4.78 is 0. The number of primary amides is 1. The highest BCUT2D eigenvalue weighted by Gasteiger charge is 2.63. The Morgan fingerprint density at radius 2 is 1.79 bits per heavy atom. The zero-order chi connectivity index (χ0) is 32.0. The number of aromatic hydroxyl groups is 1. The van der Waals surface area contributed by atoms with Gasteiger partial charge in [0.15, 0.2) is 11.4 Å². The number of phenolic OH excluding ortho intramolecular Hbond substituents is 1. The molecule has 0 radical (unpaired) electrons. The molecule has 0 unspecified atom stereocenters. The van der Waals surface area contributed by atoms with Crippen molar-refractivity contribution in [1.29, 1.82) is 0 Å². The Labute approximate surface area is 251 Å². The predicted molar refractivity (Wildman–Crippen MR) is 163 cm³/mol. The van der Waals surface area contributed by atoms with Gasteiger partial charge in [0, 0.05) is 31.1 Å². The van der Waals surface area contributed by atoms with E-state index < -0.39 is 58.0 Å². The Bertz CT molecular complexity index is 1490. The number of carbonyl (C=O) groups is 3. The molecule has 0 saturated carbocycles. The van der Waals surface area contributed by atoms with Crippen molar-refractivity contribution in [3.8, 4) is 5.75 Å². The molecule has 1 aromatic carbocycles. The van der Waals surface area contributed by atoms with Crippen molar-refractivity contribution >= 4 is 23.0 Å². The molecule has 0 aromatic heterocycles. The Balaban J connectivity index is 1.76. The third kappa shape index (κ3) is 5.53. The first-order valence-corrected chi connectivity index (χ1v) is 14.3. The van der Waals surface area contributed by atoms with Gasteiger partial charge in [0.25, 0.3) is 5.91 Å². The fourth-order valence-electron chi connectivity index (χ4n) is 6.62. The van der Waals surface area contributed by atoms with Crippen molar-refractivity contribution in [2.24, 2.45) is 17.6 Å². The number of aliphatic hydroxyl groups excluding tert-OH is 2. The summed E-state index contributed by atoms with van der Waals surface area (Å²) in [6.45, 7) is 6.43. The average molecular weight is 595 g/mol. The van der Waals surface area contributed by atoms with Crippen LogP contribution in [0.2, 0.25) is 0 Å². The van der Waals surface area contributed by atoms with Crippen LogP contribution in [0, 0.1) is 11.8 Å². The maximum atomic E-state index is 13.9. The molecule has 11 nitrogen and oxygen atoms in total. The number of nitrogens with zero attached hydrogens (tertiary/aromatic N) is 2. The zero-order valence-electron chi connectivity index (χ0n) is 25.6. The van der Waals surface area contributed by atoms with Crippen LogP contribution in [-0.4, -0.2) is 107 Å². The van der Waals surface area contributed by atoms with Gasteiger partial charge in [-0.15, -0.1) is 0 Å². The van der Waals surface area contributed by atoms with Gasteiger partial charge in [-0.25, -0.2) is 0 Å². The number of nitrogens with two attached hydrogens (primary N) is 1. The van der Waals surface area contributed by atoms with E-state index in [9.17, 15) is 34.8 Å². The number of Topliss-reactive ketones (excluding diaryl/α,β-unsaturated/α-hetero) is 2. The highest BCUT2D eigenvalue weighted by Crippen LogP contribution is 2.52. The Morgan fingerprint density at radius 1 is 1.12 bits per heavy atom. The molecule has 4 atom stereocenters. The van der Waals surface area contributed by atoms with E-state index in [0.29, 0.717) is 12.1 Å². The molecular formula is C32H42N4O7. The normalized spacial score (nSPS) is 26.2. The summed E-state index contributed by atoms with van der Waals surface area (Å²) in [5.74, 6) is -6.64. The number of amides is 1. The standard InChI is InChI=1S/C32H42N4O7/c1-16(15-34-11-12-35(3)4)7-8-17(2)19-9-10-22(37)24-20(19)13-18-14-21-26(36(5)6)28(39)25(31(33)42)30(41)32(21,43)29(40)23(18)27(24)38/h7-10,18,21,26,34,37,39-40,43H,11-15H2,1-6H3,(H2,33,42)/b16-7+,17-8+/t18-,21-,26-,32-/m0/s1. The zero-order valence-corrected chi connectivity index (χ0v) is 25.6. The van der Waals surface area contributed by atoms with Crippen molar-refractivity contribution in [1.82, 2.24) is 15.1 Å². The summed E-state index contributed by atoms with van der Waals surface area (Å²) in [5, 5.41) is 48.3. The van der Waals surface area contributed by atoms with E-state index in [2.05, 4.69) is 10.2 Å². The molecule has 3 aliphatic carbocycles. The van der Waals surface area contributed by atoms with Crippen LogP contribution in [0.1, 0.15) is 41.8 Å². The van der Waals surface area contributed by atoms with Gasteiger partial charge in [-0.05, 0) is 83.6 Å². The van der Waals surface area contributed by atoms with E-state index in [1.807, 2.05) is 40.1 Å². The minimum atomic E-state index is -2.66. The maximum Gasteiger partial charge on any atom is 0.255 e. The van der Waals surface area contributed by atoms with Gasteiger partial charge >= 0.3 is 0 Å². The van der Waals surface area contributed by atoms with E-state index in [1.54, 1.807) is 20.2 Å². The maximum absolute atomic E-state index is 13.9. The average Bonchev–Trinajstić information content (AvgIpc) is 2.91. The van der Waals surface area contributed by atoms with Crippen molar-refractivity contribution in [2.45, 2.75) is 38.3 Å². The van der Waals surface area contributed by atoms with Gasteiger partial charge in [-0.2, -0.15) is 0 Å². The van der Waals surface area contributed by atoms with E-state index >= 15 is 0 Å². The Hall–Kier alpha value is -3.77. The molecule has 0 fully saturated rings. The van der Waals surface area contributed by atoms with Crippen LogP contribution < -0.4 is 11.1 Å². The van der Waals surface area contributed by atoms with E-state index in [-0.39, 0.29) is 29.7 Å². The molecule has 1 amide bonds. The van der Waals surface area contributed by atoms with Gasteiger partial charge in [0.1, 0.15) is 22.8 Å². The lowest BCUT2D eigenvalue weighted by Crippen LogP contribution is -2.63. The van der Waals surface area contributed by atoms with E-state index in [0.717, 1.165) is 29.8 Å². The molecule has 4 rings (SSSR count). The second-order valence-corrected chi connectivity index (χ2v) is 12.3. The Kier molecular flexibility index (Phi) is 9.03. The second-order valence-electron chi connectivity index (χ2n) is 12.3. The summed E-state index contributed by atoms with van der Waals surface area (Å²) in [4.78, 5) is 43.1. The number of fused-ring (bicyclic) bond motifs is 3. The van der Waals surface area contributed by atoms with Crippen molar-refractivity contribution in [2.75, 3.05) is 47.8 Å². The molecule has 0 bridgehead atoms. The SMILES string of the molecule is C/C(=C\C=C(/C)c1ccc(O)c2c1C[C@H]1C[C@H]3[C@H](N(C)C)C(O)=C(C(N)=O)C(=O)[C@@]3(O)C(O)=C1C2=O)CNCCN(C)C. The molecule has 0 aliphatic heterocycles.